The third kappa shape index (κ3) is 2.91. The average molecular weight is 287 g/mol. The third-order valence-corrected chi connectivity index (χ3v) is 5.26. The molecular weight excluding hydrogens is 266 g/mol. The summed E-state index contributed by atoms with van der Waals surface area (Å²) in [6.07, 6.45) is 8.15. The lowest BCUT2D eigenvalue weighted by molar-refractivity contribution is 0.533. The van der Waals surface area contributed by atoms with Gasteiger partial charge in [0.2, 0.25) is 0 Å². The van der Waals surface area contributed by atoms with Crippen molar-refractivity contribution in [3.05, 3.63) is 42.1 Å². The van der Waals surface area contributed by atoms with Gasteiger partial charge in [0.1, 0.15) is 0 Å². The molecule has 1 aliphatic carbocycles. The molecule has 2 atom stereocenters. The number of H-pyrrole nitrogens is 1. The third-order valence-electron chi connectivity index (χ3n) is 4.09. The van der Waals surface area contributed by atoms with Crippen molar-refractivity contribution in [1.29, 1.82) is 0 Å². The van der Waals surface area contributed by atoms with E-state index in [2.05, 4.69) is 46.0 Å². The van der Waals surface area contributed by atoms with Crippen molar-refractivity contribution in [2.75, 3.05) is 6.26 Å². The molecule has 1 aromatic carbocycles. The molecule has 0 amide bonds. The molecule has 1 aliphatic rings. The second-order valence-electron chi connectivity index (χ2n) is 5.33. The van der Waals surface area contributed by atoms with Crippen LogP contribution in [0.3, 0.4) is 0 Å². The first-order chi connectivity index (χ1) is 9.88. The maximum Gasteiger partial charge on any atom is 0.0695 e. The van der Waals surface area contributed by atoms with Gasteiger partial charge in [-0.2, -0.15) is 16.9 Å². The Hall–Kier alpha value is -1.26. The quantitative estimate of drug-likeness (QED) is 0.885. The van der Waals surface area contributed by atoms with Crippen molar-refractivity contribution >= 4 is 11.8 Å². The fourth-order valence-corrected chi connectivity index (χ4v) is 3.95. The van der Waals surface area contributed by atoms with Crippen molar-refractivity contribution in [2.24, 2.45) is 0 Å². The molecule has 0 bridgehead atoms. The van der Waals surface area contributed by atoms with Gasteiger partial charge in [-0.1, -0.05) is 36.8 Å². The Labute approximate surface area is 124 Å². The van der Waals surface area contributed by atoms with Crippen molar-refractivity contribution in [3.8, 4) is 11.3 Å². The Kier molecular flexibility index (Phi) is 4.43. The number of thioether (sulfide) groups is 1. The van der Waals surface area contributed by atoms with Gasteiger partial charge in [-0.25, -0.2) is 0 Å². The van der Waals surface area contributed by atoms with Gasteiger partial charge in [0.05, 0.1) is 11.9 Å². The number of rotatable bonds is 5. The molecule has 1 heterocycles. The second-order valence-corrected chi connectivity index (χ2v) is 6.41. The molecule has 1 fully saturated rings. The van der Waals surface area contributed by atoms with Crippen LogP contribution in [-0.2, 0) is 6.54 Å². The lowest BCUT2D eigenvalue weighted by Gasteiger charge is -2.19. The molecule has 0 radical (unpaired) electrons. The molecule has 20 heavy (non-hydrogen) atoms. The van der Waals surface area contributed by atoms with Crippen molar-refractivity contribution in [3.63, 3.8) is 0 Å². The minimum atomic E-state index is 0.642. The minimum absolute atomic E-state index is 0.642. The summed E-state index contributed by atoms with van der Waals surface area (Å²) in [5.74, 6) is 0. The van der Waals surface area contributed by atoms with Crippen LogP contribution in [0.15, 0.2) is 36.5 Å². The molecular formula is C16H21N3S. The van der Waals surface area contributed by atoms with Crippen LogP contribution < -0.4 is 5.32 Å². The number of aromatic amines is 1. The average Bonchev–Trinajstić information content (AvgIpc) is 3.14. The molecule has 1 saturated carbocycles. The largest absolute Gasteiger partial charge is 0.309 e. The summed E-state index contributed by atoms with van der Waals surface area (Å²) < 4.78 is 0. The van der Waals surface area contributed by atoms with Crippen LogP contribution in [-0.4, -0.2) is 27.7 Å². The highest BCUT2D eigenvalue weighted by atomic mass is 32.2. The summed E-state index contributed by atoms with van der Waals surface area (Å²) in [6.45, 7) is 0.891. The molecule has 0 aliphatic heterocycles. The first kappa shape index (κ1) is 13.7. The SMILES string of the molecule is CSC1CCCC1NCc1cn[nH]c1-c1ccccc1. The van der Waals surface area contributed by atoms with Crippen LogP contribution in [0.2, 0.25) is 0 Å². The standard InChI is InChI=1S/C16H21N3S/c1-20-15-9-5-8-14(15)17-10-13-11-18-19-16(13)12-6-3-2-4-7-12/h2-4,6-7,11,14-15,17H,5,8-10H2,1H3,(H,18,19). The topological polar surface area (TPSA) is 40.7 Å². The van der Waals surface area contributed by atoms with Crippen LogP contribution in [0.5, 0.6) is 0 Å². The highest BCUT2D eigenvalue weighted by molar-refractivity contribution is 7.99. The Morgan fingerprint density at radius 3 is 2.95 bits per heavy atom. The molecule has 0 spiro atoms. The van der Waals surface area contributed by atoms with E-state index in [9.17, 15) is 0 Å². The minimum Gasteiger partial charge on any atom is -0.309 e. The summed E-state index contributed by atoms with van der Waals surface area (Å²) in [6, 6.07) is 11.1. The van der Waals surface area contributed by atoms with Crippen molar-refractivity contribution < 1.29 is 0 Å². The van der Waals surface area contributed by atoms with Crippen molar-refractivity contribution in [2.45, 2.75) is 37.1 Å². The molecule has 3 nitrogen and oxygen atoms in total. The summed E-state index contributed by atoms with van der Waals surface area (Å²) >= 11 is 1.99. The van der Waals surface area contributed by atoms with Gasteiger partial charge in [0.25, 0.3) is 0 Å². The lowest BCUT2D eigenvalue weighted by atomic mass is 10.1. The van der Waals surface area contributed by atoms with Gasteiger partial charge in [-0.05, 0) is 24.7 Å². The van der Waals surface area contributed by atoms with Gasteiger partial charge in [0.15, 0.2) is 0 Å². The number of nitrogens with one attached hydrogen (secondary N) is 2. The molecule has 106 valence electrons. The van der Waals surface area contributed by atoms with Gasteiger partial charge in [-0.3, -0.25) is 5.10 Å². The normalized spacial score (nSPS) is 22.2. The van der Waals surface area contributed by atoms with Crippen LogP contribution >= 0.6 is 11.8 Å². The van der Waals surface area contributed by atoms with E-state index >= 15 is 0 Å². The van der Waals surface area contributed by atoms with Crippen molar-refractivity contribution in [1.82, 2.24) is 15.5 Å². The molecule has 0 saturated heterocycles. The monoisotopic (exact) mass is 287 g/mol. The number of aromatic nitrogens is 2. The number of hydrogen-bond donors (Lipinski definition) is 2. The Balaban J connectivity index is 1.68. The fraction of sp³-hybridized carbons (Fsp3) is 0.438. The summed E-state index contributed by atoms with van der Waals surface area (Å²) in [5.41, 5.74) is 3.59. The second kappa shape index (κ2) is 6.46. The van der Waals surface area contributed by atoms with Crippen LogP contribution in [0.25, 0.3) is 11.3 Å². The van der Waals surface area contributed by atoms with E-state index in [0.29, 0.717) is 6.04 Å². The van der Waals surface area contributed by atoms with E-state index in [0.717, 1.165) is 17.5 Å². The van der Waals surface area contributed by atoms with E-state index in [1.165, 1.54) is 30.4 Å². The Morgan fingerprint density at radius 1 is 1.30 bits per heavy atom. The van der Waals surface area contributed by atoms with Crippen LogP contribution in [0.4, 0.5) is 0 Å². The molecule has 4 heteroatoms. The molecule has 2 aromatic rings. The smallest absolute Gasteiger partial charge is 0.0695 e. The van der Waals surface area contributed by atoms with E-state index < -0.39 is 0 Å². The van der Waals surface area contributed by atoms with E-state index in [1.807, 2.05) is 24.0 Å². The first-order valence-corrected chi connectivity index (χ1v) is 8.51. The predicted octanol–water partition coefficient (Wildman–Crippen LogP) is 3.45. The molecule has 3 rings (SSSR count). The predicted molar refractivity (Wildman–Crippen MR) is 85.8 cm³/mol. The zero-order chi connectivity index (χ0) is 13.8. The molecule has 2 unspecified atom stereocenters. The first-order valence-electron chi connectivity index (χ1n) is 7.22. The van der Waals surface area contributed by atoms with Gasteiger partial charge < -0.3 is 5.32 Å². The summed E-state index contributed by atoms with van der Waals surface area (Å²) in [5, 5.41) is 11.8. The van der Waals surface area contributed by atoms with Crippen LogP contribution in [0, 0.1) is 0 Å². The van der Waals surface area contributed by atoms with Gasteiger partial charge in [-0.15, -0.1) is 0 Å². The fourth-order valence-electron chi connectivity index (χ4n) is 2.98. The van der Waals surface area contributed by atoms with Gasteiger partial charge in [0, 0.05) is 23.4 Å². The number of hydrogen-bond acceptors (Lipinski definition) is 3. The number of benzene rings is 1. The van der Waals surface area contributed by atoms with E-state index in [4.69, 9.17) is 0 Å². The van der Waals surface area contributed by atoms with Crippen LogP contribution in [0.1, 0.15) is 24.8 Å². The molecule has 1 aromatic heterocycles. The van der Waals surface area contributed by atoms with E-state index in [1.54, 1.807) is 0 Å². The maximum atomic E-state index is 4.21. The summed E-state index contributed by atoms with van der Waals surface area (Å²) in [7, 11) is 0. The summed E-state index contributed by atoms with van der Waals surface area (Å²) in [4.78, 5) is 0. The zero-order valence-electron chi connectivity index (χ0n) is 11.8. The molecule has 2 N–H and O–H groups in total. The highest BCUT2D eigenvalue weighted by Gasteiger charge is 2.26. The Morgan fingerprint density at radius 2 is 2.15 bits per heavy atom. The highest BCUT2D eigenvalue weighted by Crippen LogP contribution is 2.29. The lowest BCUT2D eigenvalue weighted by Crippen LogP contribution is -2.33. The Bertz CT molecular complexity index is 538. The zero-order valence-corrected chi connectivity index (χ0v) is 12.6. The van der Waals surface area contributed by atoms with E-state index in [-0.39, 0.29) is 0 Å². The maximum absolute atomic E-state index is 4.21. The van der Waals surface area contributed by atoms with Gasteiger partial charge >= 0.3 is 0 Å². The number of nitrogens with zero attached hydrogens (tertiary/aromatic N) is 1.